The molecule has 2 aliphatic heterocycles. The van der Waals surface area contributed by atoms with E-state index in [1.54, 1.807) is 17.8 Å². The number of rotatable bonds is 8. The summed E-state index contributed by atoms with van der Waals surface area (Å²) in [5.74, 6) is 0.594. The summed E-state index contributed by atoms with van der Waals surface area (Å²) < 4.78 is 43.2. The number of nitrogens with one attached hydrogen (secondary N) is 1. The maximum Gasteiger partial charge on any atom is 0.328 e. The highest BCUT2D eigenvalue weighted by Crippen LogP contribution is 2.34. The van der Waals surface area contributed by atoms with Crippen molar-refractivity contribution in [3.63, 3.8) is 0 Å². The molecule has 2 aliphatic rings. The Morgan fingerprint density at radius 2 is 1.90 bits per heavy atom. The zero-order chi connectivity index (χ0) is 22.4. The molecule has 0 aromatic heterocycles. The van der Waals surface area contributed by atoms with Gasteiger partial charge in [0.2, 0.25) is 15.9 Å². The van der Waals surface area contributed by atoms with E-state index in [0.29, 0.717) is 49.7 Å². The number of carbonyl (C=O) groups is 2. The van der Waals surface area contributed by atoms with Gasteiger partial charge in [-0.25, -0.2) is 13.2 Å². The van der Waals surface area contributed by atoms with Crippen LogP contribution in [0.1, 0.15) is 19.3 Å². The lowest BCUT2D eigenvalue weighted by Crippen LogP contribution is -2.48. The summed E-state index contributed by atoms with van der Waals surface area (Å²) in [5, 5.41) is 2.77. The molecule has 1 aromatic carbocycles. The Morgan fingerprint density at radius 3 is 2.55 bits per heavy atom. The number of benzene rings is 1. The van der Waals surface area contributed by atoms with Crippen LogP contribution in [0.15, 0.2) is 23.1 Å². The predicted octanol–water partition coefficient (Wildman–Crippen LogP) is 1.27. The quantitative estimate of drug-likeness (QED) is 0.563. The number of thioether (sulfide) groups is 1. The first-order chi connectivity index (χ1) is 14.9. The van der Waals surface area contributed by atoms with Crippen molar-refractivity contribution in [2.45, 2.75) is 30.2 Å². The highest BCUT2D eigenvalue weighted by atomic mass is 32.2. The monoisotopic (exact) mass is 472 g/mol. The molecule has 1 atom stereocenters. The molecule has 1 fully saturated rings. The Bertz CT molecular complexity index is 899. The van der Waals surface area contributed by atoms with Crippen LogP contribution in [0.2, 0.25) is 0 Å². The molecule has 11 heteroatoms. The Balaban J connectivity index is 1.60. The van der Waals surface area contributed by atoms with E-state index in [4.69, 9.17) is 14.2 Å². The van der Waals surface area contributed by atoms with Crippen molar-refractivity contribution in [2.24, 2.45) is 5.92 Å². The molecular formula is C20H28N2O7S2. The fourth-order valence-electron chi connectivity index (χ4n) is 3.61. The van der Waals surface area contributed by atoms with Crippen LogP contribution >= 0.6 is 11.8 Å². The summed E-state index contributed by atoms with van der Waals surface area (Å²) in [6.45, 7) is 1.26. The van der Waals surface area contributed by atoms with Gasteiger partial charge in [0.1, 0.15) is 19.3 Å². The van der Waals surface area contributed by atoms with Gasteiger partial charge in [0, 0.05) is 25.1 Å². The smallest absolute Gasteiger partial charge is 0.328 e. The summed E-state index contributed by atoms with van der Waals surface area (Å²) in [5.41, 5.74) is 0. The largest absolute Gasteiger partial charge is 0.486 e. The van der Waals surface area contributed by atoms with E-state index < -0.39 is 22.0 Å². The molecule has 0 unspecified atom stereocenters. The second-order valence-electron chi connectivity index (χ2n) is 7.35. The summed E-state index contributed by atoms with van der Waals surface area (Å²) in [7, 11) is -2.41. The molecule has 3 rings (SSSR count). The van der Waals surface area contributed by atoms with Gasteiger partial charge in [0.05, 0.1) is 12.0 Å². The molecule has 0 aliphatic carbocycles. The standard InChI is InChI=1S/C20H28N2O7S2/c1-27-20(24)16(7-12-30-2)21-19(23)14-5-8-22(9-6-14)31(25,26)15-3-4-17-18(13-15)29-11-10-28-17/h3-4,13-14,16H,5-12H2,1-2H3,(H,21,23)/t16-/m1/s1. The number of piperidine rings is 1. The van der Waals surface area contributed by atoms with E-state index in [-0.39, 0.29) is 29.8 Å². The fraction of sp³-hybridized carbons (Fsp3) is 0.600. The molecule has 1 aromatic rings. The van der Waals surface area contributed by atoms with Crippen molar-refractivity contribution < 1.29 is 32.2 Å². The first-order valence-electron chi connectivity index (χ1n) is 10.1. The summed E-state index contributed by atoms with van der Waals surface area (Å²) >= 11 is 1.58. The van der Waals surface area contributed by atoms with Crippen LogP contribution in [0.5, 0.6) is 11.5 Å². The van der Waals surface area contributed by atoms with Crippen LogP contribution in [0.3, 0.4) is 0 Å². The Labute approximate surface area is 186 Å². The number of amides is 1. The lowest BCUT2D eigenvalue weighted by Gasteiger charge is -2.31. The number of carbonyl (C=O) groups excluding carboxylic acids is 2. The number of ether oxygens (including phenoxy) is 3. The summed E-state index contributed by atoms with van der Waals surface area (Å²) in [6.07, 6.45) is 3.17. The minimum Gasteiger partial charge on any atom is -0.486 e. The molecule has 31 heavy (non-hydrogen) atoms. The zero-order valence-electron chi connectivity index (χ0n) is 17.7. The van der Waals surface area contributed by atoms with Crippen molar-refractivity contribution in [1.29, 1.82) is 0 Å². The van der Waals surface area contributed by atoms with E-state index in [1.807, 2.05) is 6.26 Å². The molecule has 0 radical (unpaired) electrons. The van der Waals surface area contributed by atoms with Crippen LogP contribution in [-0.4, -0.2) is 76.1 Å². The van der Waals surface area contributed by atoms with Crippen LogP contribution in [0.25, 0.3) is 0 Å². The van der Waals surface area contributed by atoms with Crippen LogP contribution in [0.4, 0.5) is 0 Å². The molecular weight excluding hydrogens is 444 g/mol. The SMILES string of the molecule is COC(=O)[C@@H](CCSC)NC(=O)C1CCN(S(=O)(=O)c2ccc3c(c2)OCCO3)CC1. The third kappa shape index (κ3) is 5.64. The number of hydrogen-bond donors (Lipinski definition) is 1. The molecule has 2 heterocycles. The molecule has 1 saturated heterocycles. The van der Waals surface area contributed by atoms with E-state index in [9.17, 15) is 18.0 Å². The second-order valence-corrected chi connectivity index (χ2v) is 10.3. The third-order valence-corrected chi connectivity index (χ3v) is 7.93. The normalized spacial score (nSPS) is 18.3. The van der Waals surface area contributed by atoms with Crippen molar-refractivity contribution in [1.82, 2.24) is 9.62 Å². The average molecular weight is 473 g/mol. The van der Waals surface area contributed by atoms with Crippen LogP contribution in [0, 0.1) is 5.92 Å². The van der Waals surface area contributed by atoms with Crippen LogP contribution in [-0.2, 0) is 24.3 Å². The Kier molecular flexibility index (Phi) is 8.06. The fourth-order valence-corrected chi connectivity index (χ4v) is 5.57. The van der Waals surface area contributed by atoms with Gasteiger partial charge in [-0.1, -0.05) is 0 Å². The first kappa shape index (κ1) is 23.7. The molecule has 1 amide bonds. The first-order valence-corrected chi connectivity index (χ1v) is 13.0. The molecule has 9 nitrogen and oxygen atoms in total. The van der Waals surface area contributed by atoms with Gasteiger partial charge < -0.3 is 19.5 Å². The van der Waals surface area contributed by atoms with Crippen molar-refractivity contribution in [3.05, 3.63) is 18.2 Å². The molecule has 0 spiro atoms. The minimum atomic E-state index is -3.71. The molecule has 0 bridgehead atoms. The zero-order valence-corrected chi connectivity index (χ0v) is 19.3. The van der Waals surface area contributed by atoms with Gasteiger partial charge in [-0.3, -0.25) is 4.79 Å². The molecule has 172 valence electrons. The van der Waals surface area contributed by atoms with Gasteiger partial charge in [-0.05, 0) is 43.4 Å². The molecule has 1 N–H and O–H groups in total. The van der Waals surface area contributed by atoms with Gasteiger partial charge in [0.15, 0.2) is 11.5 Å². The maximum atomic E-state index is 13.0. The van der Waals surface area contributed by atoms with Crippen molar-refractivity contribution >= 4 is 33.7 Å². The van der Waals surface area contributed by atoms with E-state index in [1.165, 1.54) is 23.5 Å². The number of nitrogens with zero attached hydrogens (tertiary/aromatic N) is 1. The summed E-state index contributed by atoms with van der Waals surface area (Å²) in [4.78, 5) is 24.7. The lowest BCUT2D eigenvalue weighted by molar-refractivity contribution is -0.145. The van der Waals surface area contributed by atoms with Gasteiger partial charge >= 0.3 is 5.97 Å². The van der Waals surface area contributed by atoms with E-state index in [2.05, 4.69) is 5.32 Å². The highest BCUT2D eigenvalue weighted by Gasteiger charge is 2.34. The Hall–Kier alpha value is -1.98. The Morgan fingerprint density at radius 1 is 1.23 bits per heavy atom. The van der Waals surface area contributed by atoms with Crippen molar-refractivity contribution in [3.8, 4) is 11.5 Å². The van der Waals surface area contributed by atoms with E-state index >= 15 is 0 Å². The van der Waals surface area contributed by atoms with Gasteiger partial charge in [-0.2, -0.15) is 16.1 Å². The second kappa shape index (κ2) is 10.6. The average Bonchev–Trinajstić information content (AvgIpc) is 2.80. The number of hydrogen-bond acceptors (Lipinski definition) is 8. The highest BCUT2D eigenvalue weighted by molar-refractivity contribution is 7.98. The molecule has 0 saturated carbocycles. The van der Waals surface area contributed by atoms with Crippen molar-refractivity contribution in [2.75, 3.05) is 45.4 Å². The topological polar surface area (TPSA) is 111 Å². The third-order valence-electron chi connectivity index (χ3n) is 5.39. The van der Waals surface area contributed by atoms with Crippen LogP contribution < -0.4 is 14.8 Å². The number of methoxy groups -OCH3 is 1. The van der Waals surface area contributed by atoms with Gasteiger partial charge in [-0.15, -0.1) is 0 Å². The minimum absolute atomic E-state index is 0.141. The predicted molar refractivity (Wildman–Crippen MR) is 116 cm³/mol. The van der Waals surface area contributed by atoms with Gasteiger partial charge in [0.25, 0.3) is 0 Å². The summed E-state index contributed by atoms with van der Waals surface area (Å²) in [6, 6.07) is 3.90. The maximum absolute atomic E-state index is 13.0. The number of sulfonamides is 1. The number of fused-ring (bicyclic) bond motifs is 1. The number of esters is 1. The van der Waals surface area contributed by atoms with E-state index in [0.717, 1.165) is 0 Å². The lowest BCUT2D eigenvalue weighted by atomic mass is 9.96.